The highest BCUT2D eigenvalue weighted by Gasteiger charge is 2.46. The van der Waals surface area contributed by atoms with Crippen LogP contribution in [0.3, 0.4) is 0 Å². The molecule has 1 amide bonds. The zero-order chi connectivity index (χ0) is 102. The molecule has 796 valence electrons. The molecule has 3 heterocycles. The van der Waals surface area contributed by atoms with Crippen LogP contribution in [0, 0.1) is 101 Å². The molecule has 22 atom stereocenters. The largest absolute Gasteiger partial charge is 0.474 e. The molecule has 0 aromatic heterocycles. The Morgan fingerprint density at radius 3 is 1.15 bits per heavy atom. The Kier molecular flexibility index (Phi) is 73.4. The molecule has 41 nitrogen and oxygen atoms in total. The summed E-state index contributed by atoms with van der Waals surface area (Å²) in [7, 11) is -14.4. The fourth-order valence-electron chi connectivity index (χ4n) is 14.1. The number of carbonyl (C=O) groups excluding carboxylic acids is 4. The minimum absolute atomic E-state index is 0.00407. The van der Waals surface area contributed by atoms with Gasteiger partial charge >= 0.3 is 59.4 Å². The Hall–Kier alpha value is -3.96. The standard InChI is InChI=1S/C92H163N6O35P5/c1-18-42-105-62-84(64-129-137(103,125-19-2)126-54-32-37-93)63-106-43-36-56-128-138(104,127-55-33-38-94)130-71-92(70-109-60-61-124-136(123-59-41-97-17)118-51-31-24-21-27-47-111-90-79(10)73(4)75(6)86(132-90)66-114-82(13)101,68-107-44-34-52-119-134(121-57-39-95-15)116-49-29-23-20-26-46-110-89-78(9)72(3)74(5)85(131-89)65-113-81(12)100)69-108-45-35-53-120-135(122-58-40-96-16)117-50-30-25-22-28-48-112-91-88(98-80(11)99)77(8)76(7)87(133-91)67-115-83(14)102/h72-79,84-91H,18-36,39-71H2,1-14H3,(H,98,99)/t72-,73-,74+,75+,76+,77-,78?,79?,84?,85?,86?,87?,88?,89+,90+,91+,92?,134?,135?,136?,137?,138?/m0/s1/i1D. The molecule has 0 aromatic carbocycles. The summed E-state index contributed by atoms with van der Waals surface area (Å²) in [5.74, 6) is -0.742. The quantitative estimate of drug-likeness (QED) is 0.0194. The van der Waals surface area contributed by atoms with Crippen molar-refractivity contribution in [1.29, 1.82) is 10.5 Å². The van der Waals surface area contributed by atoms with Gasteiger partial charge in [-0.05, 0) is 107 Å². The highest BCUT2D eigenvalue weighted by molar-refractivity contribution is 7.48. The van der Waals surface area contributed by atoms with E-state index < -0.39 is 96.4 Å². The van der Waals surface area contributed by atoms with Crippen molar-refractivity contribution in [3.63, 3.8) is 0 Å². The molecule has 138 heavy (non-hydrogen) atoms. The molecule has 0 bridgehead atoms. The van der Waals surface area contributed by atoms with Crippen molar-refractivity contribution in [3.8, 4) is 12.1 Å². The molecule has 3 saturated heterocycles. The fraction of sp³-hybridized carbons (Fsp3) is 0.902. The molecule has 1 N–H and O–H groups in total. The SMILES string of the molecule is [2H]CCCOCC(COCCCOP(=O)(OCCC#N)OCC(COCCCOP(OCCCCCCO[C@@H]1OC(COC(C)=O)[C@H](C)[C@H](C)C1C)OCC[N+]#[C-])(COCCCOP(OCCCCCCO[C@@H]1OC(COC(C)=O)[C@H](C)[C@H](C)C1NC(C)=O)OCC[N+]#[C-])COCCOP(OCCCCCCO[C@@H]1OC(COC(C)=O)[C@H](C)[C@H](C)C1C)OCC[N+]#[C-])COP(=O)(OCC)OCCC#N. The zero-order valence-corrected chi connectivity index (χ0v) is 88.4. The molecular formula is C92H163N6O35P5. The van der Waals surface area contributed by atoms with E-state index in [1.807, 2.05) is 26.0 Å². The van der Waals surface area contributed by atoms with Crippen molar-refractivity contribution in [2.75, 3.05) is 224 Å². The average Bonchev–Trinajstić information content (AvgIpc) is 0.808. The van der Waals surface area contributed by atoms with Gasteiger partial charge < -0.3 is 127 Å². The lowest BCUT2D eigenvalue weighted by Gasteiger charge is -2.44. The summed E-state index contributed by atoms with van der Waals surface area (Å²) in [4.78, 5) is 57.5. The second-order valence-electron chi connectivity index (χ2n) is 34.1. The molecule has 3 fully saturated rings. The first-order valence-corrected chi connectivity index (χ1v) is 54.8. The summed E-state index contributed by atoms with van der Waals surface area (Å²) >= 11 is 0. The number of amides is 1. The van der Waals surface area contributed by atoms with Crippen LogP contribution in [0.4, 0.5) is 0 Å². The lowest BCUT2D eigenvalue weighted by Crippen LogP contribution is -2.58. The number of phosphoric ester groups is 2. The van der Waals surface area contributed by atoms with E-state index in [2.05, 4.69) is 61.4 Å². The van der Waals surface area contributed by atoms with Gasteiger partial charge in [-0.25, -0.2) is 28.8 Å². The van der Waals surface area contributed by atoms with Crippen molar-refractivity contribution >= 4 is 65.3 Å². The molecule has 3 aliphatic rings. The fourth-order valence-corrected chi connectivity index (χ4v) is 19.6. The lowest BCUT2D eigenvalue weighted by atomic mass is 9.79. The van der Waals surface area contributed by atoms with Gasteiger partial charge in [0.1, 0.15) is 39.6 Å². The lowest BCUT2D eigenvalue weighted by molar-refractivity contribution is -0.255. The van der Waals surface area contributed by atoms with Gasteiger partial charge in [0, 0.05) is 93.1 Å². The van der Waals surface area contributed by atoms with E-state index in [1.165, 1.54) is 27.7 Å². The normalized spacial score (nSPS) is 23.9. The van der Waals surface area contributed by atoms with E-state index in [-0.39, 0.29) is 295 Å². The van der Waals surface area contributed by atoms with Gasteiger partial charge in [-0.15, -0.1) is 0 Å². The maximum absolute atomic E-state index is 15.1. The summed E-state index contributed by atoms with van der Waals surface area (Å²) < 4.78 is 210. The van der Waals surface area contributed by atoms with E-state index in [4.69, 9.17) is 161 Å². The minimum Gasteiger partial charge on any atom is -0.463 e. The maximum atomic E-state index is 15.1. The van der Waals surface area contributed by atoms with Crippen molar-refractivity contribution in [1.82, 2.24) is 5.32 Å². The molecule has 3 rings (SSSR count). The molecule has 13 unspecified atom stereocenters. The van der Waals surface area contributed by atoms with Gasteiger partial charge in [0.05, 0.1) is 174 Å². The number of unbranched alkanes of at least 4 members (excludes halogenated alkanes) is 9. The number of rotatable bonds is 88. The Balaban J connectivity index is 1.90. The number of hydrogen-bond acceptors (Lipinski definition) is 37. The topological polar surface area (TPSA) is 443 Å². The summed E-state index contributed by atoms with van der Waals surface area (Å²) in [5.41, 5.74) is -1.35. The van der Waals surface area contributed by atoms with Gasteiger partial charge in [0.2, 0.25) is 25.5 Å². The van der Waals surface area contributed by atoms with Crippen LogP contribution >= 0.6 is 41.5 Å². The Morgan fingerprint density at radius 1 is 0.391 bits per heavy atom. The number of ether oxygens (including phenoxy) is 14. The summed E-state index contributed by atoms with van der Waals surface area (Å²) in [5, 5.41) is 21.7. The van der Waals surface area contributed by atoms with Crippen LogP contribution in [0.2, 0.25) is 0 Å². The van der Waals surface area contributed by atoms with E-state index >= 15 is 4.57 Å². The van der Waals surface area contributed by atoms with Crippen LogP contribution in [-0.4, -0.2) is 291 Å². The smallest absolute Gasteiger partial charge is 0.463 e. The van der Waals surface area contributed by atoms with Crippen LogP contribution in [-0.2, 0) is 162 Å². The van der Waals surface area contributed by atoms with Gasteiger partial charge in [-0.3, -0.25) is 46.3 Å². The number of phosphoric acid groups is 2. The first-order valence-electron chi connectivity index (χ1n) is 49.3. The average molecular weight is 2070 g/mol. The third kappa shape index (κ3) is 59.0. The Morgan fingerprint density at radius 2 is 0.746 bits per heavy atom. The first kappa shape index (κ1) is 126. The third-order valence-corrected chi connectivity index (χ3v) is 29.3. The highest BCUT2D eigenvalue weighted by atomic mass is 31.2. The van der Waals surface area contributed by atoms with E-state index in [9.17, 15) is 29.0 Å². The highest BCUT2D eigenvalue weighted by Crippen LogP contribution is 2.52. The number of esters is 3. The molecule has 3 aliphatic heterocycles. The monoisotopic (exact) mass is 2070 g/mol. The van der Waals surface area contributed by atoms with Gasteiger partial charge in [-0.1, -0.05) is 101 Å². The van der Waals surface area contributed by atoms with Crippen LogP contribution < -0.4 is 5.32 Å². The van der Waals surface area contributed by atoms with E-state index in [0.29, 0.717) is 71.4 Å². The zero-order valence-electron chi connectivity index (χ0n) is 85.0. The predicted octanol–water partition coefficient (Wildman–Crippen LogP) is 17.2. The second-order valence-corrected chi connectivity index (χ2v) is 41.1. The molecule has 46 heteroatoms. The number of nitrogens with one attached hydrogen (secondary N) is 1. The maximum Gasteiger partial charge on any atom is 0.474 e. The molecular weight excluding hydrogens is 1900 g/mol. The number of nitriles is 2. The molecule has 0 spiro atoms. The van der Waals surface area contributed by atoms with Crippen molar-refractivity contribution < 1.29 is 164 Å². The molecule has 0 radical (unpaired) electrons. The third-order valence-electron chi connectivity index (χ3n) is 22.8. The number of nitrogens with zero attached hydrogens (tertiary/aromatic N) is 5. The molecule has 0 saturated carbocycles. The Bertz CT molecular complexity index is 3520. The van der Waals surface area contributed by atoms with Crippen molar-refractivity contribution in [3.05, 3.63) is 34.3 Å². The number of carbonyl (C=O) groups is 4. The summed E-state index contributed by atoms with van der Waals surface area (Å²) in [6.07, 6.45) is 7.45. The number of hydrogen-bond donors (Lipinski definition) is 1. The Labute approximate surface area is 826 Å². The van der Waals surface area contributed by atoms with Crippen molar-refractivity contribution in [2.45, 2.75) is 256 Å². The summed E-state index contributed by atoms with van der Waals surface area (Å²) in [6, 6.07) is 3.51. The molecule has 0 aromatic rings. The second kappa shape index (κ2) is 80.2. The van der Waals surface area contributed by atoms with Crippen molar-refractivity contribution in [2.24, 2.45) is 58.7 Å². The van der Waals surface area contributed by atoms with E-state index in [1.54, 1.807) is 6.92 Å². The van der Waals surface area contributed by atoms with Gasteiger partial charge in [0.25, 0.3) is 0 Å². The first-order chi connectivity index (χ1) is 67.1. The predicted molar refractivity (Wildman–Crippen MR) is 510 cm³/mol. The van der Waals surface area contributed by atoms with Crippen LogP contribution in [0.1, 0.15) is 214 Å². The van der Waals surface area contributed by atoms with E-state index in [0.717, 1.165) is 51.4 Å². The van der Waals surface area contributed by atoms with Crippen LogP contribution in [0.25, 0.3) is 14.5 Å². The van der Waals surface area contributed by atoms with Gasteiger partial charge in [0.15, 0.2) is 18.9 Å². The summed E-state index contributed by atoms with van der Waals surface area (Å²) in [6.45, 7) is 48.0. The van der Waals surface area contributed by atoms with Crippen LogP contribution in [0.5, 0.6) is 0 Å². The minimum atomic E-state index is -4.61. The molecule has 0 aliphatic carbocycles. The van der Waals surface area contributed by atoms with Gasteiger partial charge in [-0.2, -0.15) is 10.5 Å². The van der Waals surface area contributed by atoms with Crippen LogP contribution in [0.15, 0.2) is 0 Å².